The molecule has 1 N–H and O–H groups in total. The van der Waals surface area contributed by atoms with Crippen molar-refractivity contribution in [1.82, 2.24) is 5.32 Å². The molecule has 0 atom stereocenters. The normalized spacial score (nSPS) is 11.5. The summed E-state index contributed by atoms with van der Waals surface area (Å²) in [6, 6.07) is 3.08. The summed E-state index contributed by atoms with van der Waals surface area (Å²) >= 11 is 11.5. The first-order valence-corrected chi connectivity index (χ1v) is 6.12. The van der Waals surface area contributed by atoms with E-state index < -0.39 is 0 Å². The second-order valence-electron chi connectivity index (χ2n) is 3.68. The van der Waals surface area contributed by atoms with E-state index in [0.717, 1.165) is 12.8 Å². The van der Waals surface area contributed by atoms with Crippen molar-refractivity contribution in [2.24, 2.45) is 0 Å². The van der Waals surface area contributed by atoms with Gasteiger partial charge in [-0.25, -0.2) is 0 Å². The smallest absolute Gasteiger partial charge is 0.287 e. The molecule has 0 bridgehead atoms. The van der Waals surface area contributed by atoms with Crippen molar-refractivity contribution in [2.45, 2.75) is 32.2 Å². The Labute approximate surface area is 105 Å². The molecule has 5 heteroatoms. The molecule has 0 aliphatic heterocycles. The molecule has 1 aromatic rings. The molecule has 0 radical (unpaired) electrons. The number of rotatable bonds is 5. The SMILES string of the molecule is CCC(CC)(CCl)NC(=O)c1ccc(Cl)o1. The Morgan fingerprint density at radius 3 is 2.44 bits per heavy atom. The van der Waals surface area contributed by atoms with Gasteiger partial charge in [0, 0.05) is 5.88 Å². The average Bonchev–Trinajstić information content (AvgIpc) is 2.73. The van der Waals surface area contributed by atoms with Gasteiger partial charge in [-0.15, -0.1) is 11.6 Å². The molecule has 0 saturated carbocycles. The van der Waals surface area contributed by atoms with Crippen LogP contribution in [0.5, 0.6) is 0 Å². The summed E-state index contributed by atoms with van der Waals surface area (Å²) in [6.45, 7) is 3.97. The van der Waals surface area contributed by atoms with Crippen LogP contribution in [0.4, 0.5) is 0 Å². The van der Waals surface area contributed by atoms with Gasteiger partial charge >= 0.3 is 0 Å². The highest BCUT2D eigenvalue weighted by Gasteiger charge is 2.28. The van der Waals surface area contributed by atoms with Gasteiger partial charge in [-0.3, -0.25) is 4.79 Å². The summed E-state index contributed by atoms with van der Waals surface area (Å²) in [5.74, 6) is 0.304. The van der Waals surface area contributed by atoms with E-state index in [-0.39, 0.29) is 22.4 Å². The molecule has 16 heavy (non-hydrogen) atoms. The standard InChI is InChI=1S/C11H15Cl2NO2/c1-3-11(4-2,7-12)14-10(15)8-5-6-9(13)16-8/h5-6H,3-4,7H2,1-2H3,(H,14,15). The number of hydrogen-bond acceptors (Lipinski definition) is 2. The summed E-state index contributed by atoms with van der Waals surface area (Å²) in [4.78, 5) is 11.8. The fourth-order valence-electron chi connectivity index (χ4n) is 1.39. The van der Waals surface area contributed by atoms with E-state index >= 15 is 0 Å². The summed E-state index contributed by atoms with van der Waals surface area (Å²) < 4.78 is 5.03. The predicted octanol–water partition coefficient (Wildman–Crippen LogP) is 3.46. The van der Waals surface area contributed by atoms with E-state index in [1.807, 2.05) is 13.8 Å². The molecule has 0 aliphatic rings. The van der Waals surface area contributed by atoms with Gasteiger partial charge in [-0.2, -0.15) is 0 Å². The van der Waals surface area contributed by atoms with Crippen molar-refractivity contribution in [2.75, 3.05) is 5.88 Å². The van der Waals surface area contributed by atoms with Crippen LogP contribution in [0.2, 0.25) is 5.22 Å². The van der Waals surface area contributed by atoms with Crippen LogP contribution in [-0.2, 0) is 0 Å². The molecule has 0 spiro atoms. The largest absolute Gasteiger partial charge is 0.440 e. The lowest BCUT2D eigenvalue weighted by molar-refractivity contribution is 0.0874. The topological polar surface area (TPSA) is 42.2 Å². The minimum atomic E-state index is -0.377. The van der Waals surface area contributed by atoms with Crippen LogP contribution in [0, 0.1) is 0 Å². The highest BCUT2D eigenvalue weighted by atomic mass is 35.5. The van der Waals surface area contributed by atoms with Crippen LogP contribution in [-0.4, -0.2) is 17.3 Å². The number of hydrogen-bond donors (Lipinski definition) is 1. The number of furan rings is 1. The van der Waals surface area contributed by atoms with Crippen molar-refractivity contribution in [3.8, 4) is 0 Å². The first-order chi connectivity index (χ1) is 7.56. The van der Waals surface area contributed by atoms with E-state index in [4.69, 9.17) is 27.6 Å². The zero-order chi connectivity index (χ0) is 12.2. The van der Waals surface area contributed by atoms with Crippen molar-refractivity contribution in [3.63, 3.8) is 0 Å². The Hall–Kier alpha value is -0.670. The lowest BCUT2D eigenvalue weighted by Gasteiger charge is -2.30. The van der Waals surface area contributed by atoms with Crippen LogP contribution in [0.25, 0.3) is 0 Å². The van der Waals surface area contributed by atoms with Gasteiger partial charge in [0.2, 0.25) is 0 Å². The Bertz CT molecular complexity index is 350. The maximum atomic E-state index is 11.8. The lowest BCUT2D eigenvalue weighted by Crippen LogP contribution is -2.49. The quantitative estimate of drug-likeness (QED) is 0.827. The molecular formula is C11H15Cl2NO2. The van der Waals surface area contributed by atoms with Crippen LogP contribution in [0.15, 0.2) is 16.5 Å². The zero-order valence-electron chi connectivity index (χ0n) is 9.35. The molecule has 1 amide bonds. The number of alkyl halides is 1. The summed E-state index contributed by atoms with van der Waals surface area (Å²) in [7, 11) is 0. The van der Waals surface area contributed by atoms with Crippen LogP contribution >= 0.6 is 23.2 Å². The Morgan fingerprint density at radius 1 is 1.44 bits per heavy atom. The zero-order valence-corrected chi connectivity index (χ0v) is 10.9. The second kappa shape index (κ2) is 5.60. The fraction of sp³-hybridized carbons (Fsp3) is 0.545. The molecule has 1 aromatic heterocycles. The molecule has 1 rings (SSSR count). The van der Waals surface area contributed by atoms with Crippen molar-refractivity contribution in [3.05, 3.63) is 23.1 Å². The third-order valence-electron chi connectivity index (χ3n) is 2.79. The monoisotopic (exact) mass is 263 g/mol. The predicted molar refractivity (Wildman–Crippen MR) is 65.2 cm³/mol. The maximum Gasteiger partial charge on any atom is 0.287 e. The minimum absolute atomic E-state index is 0.203. The molecule has 0 unspecified atom stereocenters. The van der Waals surface area contributed by atoms with Crippen LogP contribution in [0.1, 0.15) is 37.2 Å². The molecule has 0 aromatic carbocycles. The van der Waals surface area contributed by atoms with E-state index in [9.17, 15) is 4.79 Å². The van der Waals surface area contributed by atoms with Crippen molar-refractivity contribution >= 4 is 29.1 Å². The van der Waals surface area contributed by atoms with Gasteiger partial charge in [0.15, 0.2) is 11.0 Å². The summed E-state index contributed by atoms with van der Waals surface area (Å²) in [5, 5.41) is 3.09. The van der Waals surface area contributed by atoms with Crippen molar-refractivity contribution in [1.29, 1.82) is 0 Å². The Morgan fingerprint density at radius 2 is 2.06 bits per heavy atom. The number of halogens is 2. The van der Waals surface area contributed by atoms with E-state index in [1.165, 1.54) is 6.07 Å². The second-order valence-corrected chi connectivity index (χ2v) is 4.32. The maximum absolute atomic E-state index is 11.8. The first-order valence-electron chi connectivity index (χ1n) is 5.20. The third kappa shape index (κ3) is 2.92. The lowest BCUT2D eigenvalue weighted by atomic mass is 9.95. The molecule has 0 fully saturated rings. The van der Waals surface area contributed by atoms with Crippen LogP contribution in [0.3, 0.4) is 0 Å². The van der Waals surface area contributed by atoms with Gasteiger partial charge < -0.3 is 9.73 Å². The molecule has 0 aliphatic carbocycles. The van der Waals surface area contributed by atoms with Crippen molar-refractivity contribution < 1.29 is 9.21 Å². The summed E-state index contributed by atoms with van der Waals surface area (Å²) in [6.07, 6.45) is 1.54. The highest BCUT2D eigenvalue weighted by Crippen LogP contribution is 2.19. The van der Waals surface area contributed by atoms with E-state index in [2.05, 4.69) is 5.32 Å². The minimum Gasteiger partial charge on any atom is -0.440 e. The first kappa shape index (κ1) is 13.4. The van der Waals surface area contributed by atoms with Gasteiger partial charge in [0.1, 0.15) is 0 Å². The number of nitrogens with one attached hydrogen (secondary N) is 1. The molecule has 1 heterocycles. The third-order valence-corrected chi connectivity index (χ3v) is 3.50. The molecular weight excluding hydrogens is 249 g/mol. The van der Waals surface area contributed by atoms with Gasteiger partial charge in [-0.1, -0.05) is 13.8 Å². The average molecular weight is 264 g/mol. The number of amides is 1. The number of carbonyl (C=O) groups excluding carboxylic acids is 1. The fourth-order valence-corrected chi connectivity index (χ4v) is 1.98. The van der Waals surface area contributed by atoms with Gasteiger partial charge in [0.25, 0.3) is 5.91 Å². The summed E-state index contributed by atoms with van der Waals surface area (Å²) in [5.41, 5.74) is -0.377. The Balaban J connectivity index is 2.76. The number of carbonyl (C=O) groups is 1. The molecule has 90 valence electrons. The van der Waals surface area contributed by atoms with Crippen LogP contribution < -0.4 is 5.32 Å². The Kier molecular flexibility index (Phi) is 4.69. The van der Waals surface area contributed by atoms with Gasteiger partial charge in [0.05, 0.1) is 5.54 Å². The van der Waals surface area contributed by atoms with E-state index in [0.29, 0.717) is 5.88 Å². The highest BCUT2D eigenvalue weighted by molar-refractivity contribution is 6.29. The molecule has 3 nitrogen and oxygen atoms in total. The van der Waals surface area contributed by atoms with Gasteiger partial charge in [-0.05, 0) is 36.6 Å². The van der Waals surface area contributed by atoms with E-state index in [1.54, 1.807) is 6.07 Å². The molecule has 0 saturated heterocycles.